The first-order chi connectivity index (χ1) is 8.18. The van der Waals surface area contributed by atoms with Gasteiger partial charge in [-0.3, -0.25) is 4.79 Å². The van der Waals surface area contributed by atoms with Crippen LogP contribution in [0.5, 0.6) is 0 Å². The molecule has 1 fully saturated rings. The lowest BCUT2D eigenvalue weighted by Crippen LogP contribution is -2.18. The summed E-state index contributed by atoms with van der Waals surface area (Å²) in [7, 11) is 0. The number of nitrogens with two attached hydrogens (primary N) is 1. The first-order valence-electron chi connectivity index (χ1n) is 6.24. The van der Waals surface area contributed by atoms with E-state index in [1.807, 2.05) is 18.2 Å². The van der Waals surface area contributed by atoms with E-state index in [0.29, 0.717) is 12.3 Å². The first kappa shape index (κ1) is 12.1. The van der Waals surface area contributed by atoms with Gasteiger partial charge in [-0.05, 0) is 36.3 Å². The Balaban J connectivity index is 2.10. The molecule has 92 valence electrons. The third-order valence-electron chi connectivity index (χ3n) is 3.61. The van der Waals surface area contributed by atoms with Crippen LogP contribution < -0.4 is 5.73 Å². The predicted molar refractivity (Wildman–Crippen MR) is 66.8 cm³/mol. The number of carboxylic acid groups (broad SMARTS) is 1. The summed E-state index contributed by atoms with van der Waals surface area (Å²) >= 11 is 0. The number of hydrogen-bond donors (Lipinski definition) is 2. The SMILES string of the molecule is NC(CCC(=O)O)c1ccccc1C1CCC1. The number of aliphatic carboxylic acids is 1. The van der Waals surface area contributed by atoms with Crippen molar-refractivity contribution < 1.29 is 9.90 Å². The third-order valence-corrected chi connectivity index (χ3v) is 3.61. The van der Waals surface area contributed by atoms with Crippen LogP contribution in [0.4, 0.5) is 0 Å². The molecule has 1 aliphatic carbocycles. The number of benzene rings is 1. The fraction of sp³-hybridized carbons (Fsp3) is 0.500. The minimum Gasteiger partial charge on any atom is -0.481 e. The van der Waals surface area contributed by atoms with Crippen molar-refractivity contribution in [2.45, 2.75) is 44.1 Å². The van der Waals surface area contributed by atoms with E-state index in [1.165, 1.54) is 24.8 Å². The average Bonchev–Trinajstić information content (AvgIpc) is 2.24. The summed E-state index contributed by atoms with van der Waals surface area (Å²) in [6.45, 7) is 0. The number of rotatable bonds is 5. The highest BCUT2D eigenvalue weighted by Crippen LogP contribution is 2.39. The lowest BCUT2D eigenvalue weighted by Gasteiger charge is -2.29. The van der Waals surface area contributed by atoms with Crippen LogP contribution in [0.25, 0.3) is 0 Å². The second-order valence-corrected chi connectivity index (χ2v) is 4.80. The molecule has 17 heavy (non-hydrogen) atoms. The first-order valence-corrected chi connectivity index (χ1v) is 6.24. The van der Waals surface area contributed by atoms with Crippen LogP contribution in [0, 0.1) is 0 Å². The zero-order valence-electron chi connectivity index (χ0n) is 9.93. The number of hydrogen-bond acceptors (Lipinski definition) is 2. The van der Waals surface area contributed by atoms with Crippen LogP contribution in [-0.4, -0.2) is 11.1 Å². The molecule has 0 spiro atoms. The Labute approximate surface area is 102 Å². The highest BCUT2D eigenvalue weighted by Gasteiger charge is 2.23. The molecule has 0 aliphatic heterocycles. The Bertz CT molecular complexity index is 399. The second kappa shape index (κ2) is 5.32. The van der Waals surface area contributed by atoms with Crippen molar-refractivity contribution in [3.8, 4) is 0 Å². The van der Waals surface area contributed by atoms with Gasteiger partial charge in [-0.25, -0.2) is 0 Å². The van der Waals surface area contributed by atoms with Crippen LogP contribution in [0.3, 0.4) is 0 Å². The Morgan fingerprint density at radius 1 is 1.41 bits per heavy atom. The maximum absolute atomic E-state index is 10.6. The van der Waals surface area contributed by atoms with Gasteiger partial charge in [-0.1, -0.05) is 30.7 Å². The van der Waals surface area contributed by atoms with Gasteiger partial charge in [0.2, 0.25) is 0 Å². The molecule has 1 aromatic carbocycles. The average molecular weight is 233 g/mol. The van der Waals surface area contributed by atoms with Gasteiger partial charge < -0.3 is 10.8 Å². The summed E-state index contributed by atoms with van der Waals surface area (Å²) in [4.78, 5) is 10.6. The summed E-state index contributed by atoms with van der Waals surface area (Å²) < 4.78 is 0. The molecule has 0 heterocycles. The van der Waals surface area contributed by atoms with Gasteiger partial charge >= 0.3 is 5.97 Å². The minimum absolute atomic E-state index is 0.139. The maximum atomic E-state index is 10.6. The number of carbonyl (C=O) groups is 1. The summed E-state index contributed by atoms with van der Waals surface area (Å²) in [5.41, 5.74) is 8.57. The van der Waals surface area contributed by atoms with E-state index in [-0.39, 0.29) is 12.5 Å². The highest BCUT2D eigenvalue weighted by atomic mass is 16.4. The highest BCUT2D eigenvalue weighted by molar-refractivity contribution is 5.66. The molecular formula is C14H19NO2. The topological polar surface area (TPSA) is 63.3 Å². The molecule has 0 saturated heterocycles. The van der Waals surface area contributed by atoms with E-state index >= 15 is 0 Å². The fourth-order valence-corrected chi connectivity index (χ4v) is 2.37. The normalized spacial score (nSPS) is 17.5. The third kappa shape index (κ3) is 2.86. The van der Waals surface area contributed by atoms with Crippen molar-refractivity contribution in [1.82, 2.24) is 0 Å². The van der Waals surface area contributed by atoms with Crippen molar-refractivity contribution in [3.63, 3.8) is 0 Å². The summed E-state index contributed by atoms with van der Waals surface area (Å²) in [5.74, 6) is -0.136. The van der Waals surface area contributed by atoms with Crippen LogP contribution in [0.15, 0.2) is 24.3 Å². The standard InChI is InChI=1S/C14H19NO2/c15-13(8-9-14(16)17)12-7-2-1-6-11(12)10-4-3-5-10/h1-2,6-7,10,13H,3-5,8-9,15H2,(H,16,17). The van der Waals surface area contributed by atoms with Crippen LogP contribution in [-0.2, 0) is 4.79 Å². The van der Waals surface area contributed by atoms with Gasteiger partial charge in [0.15, 0.2) is 0 Å². The molecule has 0 aromatic heterocycles. The minimum atomic E-state index is -0.776. The van der Waals surface area contributed by atoms with E-state index < -0.39 is 5.97 Å². The summed E-state index contributed by atoms with van der Waals surface area (Å²) in [5, 5.41) is 8.69. The lowest BCUT2D eigenvalue weighted by molar-refractivity contribution is -0.137. The second-order valence-electron chi connectivity index (χ2n) is 4.80. The molecule has 3 nitrogen and oxygen atoms in total. The van der Waals surface area contributed by atoms with Gasteiger partial charge in [-0.15, -0.1) is 0 Å². The van der Waals surface area contributed by atoms with Gasteiger partial charge in [0.25, 0.3) is 0 Å². The summed E-state index contributed by atoms with van der Waals surface area (Å²) in [6.07, 6.45) is 4.42. The Hall–Kier alpha value is -1.35. The van der Waals surface area contributed by atoms with Crippen LogP contribution in [0.1, 0.15) is 55.2 Å². The molecule has 0 radical (unpaired) electrons. The molecule has 2 rings (SSSR count). The zero-order valence-corrected chi connectivity index (χ0v) is 9.93. The van der Waals surface area contributed by atoms with Gasteiger partial charge in [0, 0.05) is 12.5 Å². The Morgan fingerprint density at radius 3 is 2.71 bits per heavy atom. The van der Waals surface area contributed by atoms with Gasteiger partial charge in [0.05, 0.1) is 0 Å². The van der Waals surface area contributed by atoms with Gasteiger partial charge in [-0.2, -0.15) is 0 Å². The van der Waals surface area contributed by atoms with Crippen molar-refractivity contribution >= 4 is 5.97 Å². The molecule has 3 N–H and O–H groups in total. The zero-order chi connectivity index (χ0) is 12.3. The van der Waals surface area contributed by atoms with Crippen LogP contribution >= 0.6 is 0 Å². The van der Waals surface area contributed by atoms with Crippen molar-refractivity contribution in [1.29, 1.82) is 0 Å². The van der Waals surface area contributed by atoms with E-state index in [2.05, 4.69) is 6.07 Å². The molecule has 1 aliphatic rings. The largest absolute Gasteiger partial charge is 0.481 e. The predicted octanol–water partition coefficient (Wildman–Crippen LogP) is 2.82. The van der Waals surface area contributed by atoms with Crippen molar-refractivity contribution in [2.75, 3.05) is 0 Å². The maximum Gasteiger partial charge on any atom is 0.303 e. The Kier molecular flexibility index (Phi) is 3.79. The van der Waals surface area contributed by atoms with E-state index in [0.717, 1.165) is 5.56 Å². The molecule has 1 saturated carbocycles. The summed E-state index contributed by atoms with van der Waals surface area (Å²) in [6, 6.07) is 8.06. The molecule has 0 amide bonds. The molecule has 1 aromatic rings. The van der Waals surface area contributed by atoms with E-state index in [4.69, 9.17) is 10.8 Å². The monoisotopic (exact) mass is 233 g/mol. The Morgan fingerprint density at radius 2 is 2.12 bits per heavy atom. The van der Waals surface area contributed by atoms with Crippen LogP contribution in [0.2, 0.25) is 0 Å². The molecule has 0 bridgehead atoms. The molecule has 1 unspecified atom stereocenters. The number of carboxylic acids is 1. The quantitative estimate of drug-likeness (QED) is 0.822. The fourth-order valence-electron chi connectivity index (χ4n) is 2.37. The molecular weight excluding hydrogens is 214 g/mol. The smallest absolute Gasteiger partial charge is 0.303 e. The van der Waals surface area contributed by atoms with Gasteiger partial charge in [0.1, 0.15) is 0 Å². The van der Waals surface area contributed by atoms with E-state index in [9.17, 15) is 4.79 Å². The van der Waals surface area contributed by atoms with E-state index in [1.54, 1.807) is 0 Å². The van der Waals surface area contributed by atoms with Crippen molar-refractivity contribution in [3.05, 3.63) is 35.4 Å². The lowest BCUT2D eigenvalue weighted by atomic mass is 9.77. The molecule has 1 atom stereocenters. The molecule has 3 heteroatoms. The van der Waals surface area contributed by atoms with Crippen molar-refractivity contribution in [2.24, 2.45) is 5.73 Å².